The molecule has 92 valence electrons. The van der Waals surface area contributed by atoms with E-state index in [1.165, 1.54) is 0 Å². The highest BCUT2D eigenvalue weighted by molar-refractivity contribution is 5.96. The van der Waals surface area contributed by atoms with E-state index in [0.717, 1.165) is 0 Å². The van der Waals surface area contributed by atoms with Gasteiger partial charge in [0, 0.05) is 0 Å². The third-order valence-corrected chi connectivity index (χ3v) is 2.68. The lowest BCUT2D eigenvalue weighted by atomic mass is 9.96. The van der Waals surface area contributed by atoms with Gasteiger partial charge in [-0.2, -0.15) is 0 Å². The summed E-state index contributed by atoms with van der Waals surface area (Å²) in [6, 6.07) is -0.702. The number of amides is 2. The molecule has 0 radical (unpaired) electrons. The Labute approximate surface area is 97.2 Å². The molecule has 1 rings (SSSR count). The number of carbonyl (C=O) groups excluding carboxylic acids is 2. The fourth-order valence-electron chi connectivity index (χ4n) is 1.95. The van der Waals surface area contributed by atoms with E-state index >= 15 is 0 Å². The maximum absolute atomic E-state index is 11.7. The standard InChI is InChI=1S/C12H22N2O2/c1-7(2)5-9-11(15)14-10(6-8(3)4)12(16)13-9/h7-10H,5-6H2,1-4H3,(H,13,16)(H,14,15)/t9-,10-/m1/s1. The molecule has 1 aliphatic rings. The van der Waals surface area contributed by atoms with Crippen LogP contribution < -0.4 is 10.6 Å². The van der Waals surface area contributed by atoms with Gasteiger partial charge in [-0.05, 0) is 24.7 Å². The molecule has 4 nitrogen and oxygen atoms in total. The number of piperazine rings is 1. The molecule has 2 N–H and O–H groups in total. The minimum atomic E-state index is -0.351. The summed E-state index contributed by atoms with van der Waals surface area (Å²) >= 11 is 0. The first-order valence-corrected chi connectivity index (χ1v) is 6.01. The quantitative estimate of drug-likeness (QED) is 0.753. The van der Waals surface area contributed by atoms with E-state index in [9.17, 15) is 9.59 Å². The van der Waals surface area contributed by atoms with Gasteiger partial charge < -0.3 is 10.6 Å². The predicted octanol–water partition coefficient (Wildman–Crippen LogP) is 1.06. The van der Waals surface area contributed by atoms with Crippen molar-refractivity contribution in [3.05, 3.63) is 0 Å². The Morgan fingerprint density at radius 3 is 1.44 bits per heavy atom. The first-order chi connectivity index (χ1) is 7.40. The molecule has 0 bridgehead atoms. The molecule has 1 saturated heterocycles. The molecule has 0 spiro atoms. The Balaban J connectivity index is 2.56. The third kappa shape index (κ3) is 3.51. The van der Waals surface area contributed by atoms with Gasteiger partial charge in [0.2, 0.25) is 11.8 Å². The van der Waals surface area contributed by atoms with Crippen molar-refractivity contribution in [1.82, 2.24) is 10.6 Å². The van der Waals surface area contributed by atoms with Crippen molar-refractivity contribution in [2.75, 3.05) is 0 Å². The summed E-state index contributed by atoms with van der Waals surface area (Å²) in [6.45, 7) is 8.17. The summed E-state index contributed by atoms with van der Waals surface area (Å²) in [7, 11) is 0. The van der Waals surface area contributed by atoms with Crippen molar-refractivity contribution >= 4 is 11.8 Å². The van der Waals surface area contributed by atoms with Crippen LogP contribution in [0.3, 0.4) is 0 Å². The lowest BCUT2D eigenvalue weighted by Gasteiger charge is -2.31. The van der Waals surface area contributed by atoms with E-state index in [4.69, 9.17) is 0 Å². The Hall–Kier alpha value is -1.06. The van der Waals surface area contributed by atoms with Gasteiger partial charge in [-0.25, -0.2) is 0 Å². The van der Waals surface area contributed by atoms with E-state index in [-0.39, 0.29) is 23.9 Å². The van der Waals surface area contributed by atoms with Crippen LogP contribution in [0.2, 0.25) is 0 Å². The summed E-state index contributed by atoms with van der Waals surface area (Å²) in [5.74, 6) is 0.716. The van der Waals surface area contributed by atoms with E-state index in [0.29, 0.717) is 24.7 Å². The zero-order valence-electron chi connectivity index (χ0n) is 10.5. The highest BCUT2D eigenvalue weighted by Gasteiger charge is 2.33. The zero-order chi connectivity index (χ0) is 12.3. The van der Waals surface area contributed by atoms with Crippen LogP contribution in [0.25, 0.3) is 0 Å². The van der Waals surface area contributed by atoms with Gasteiger partial charge in [0.15, 0.2) is 0 Å². The molecule has 0 aromatic carbocycles. The summed E-state index contributed by atoms with van der Waals surface area (Å²) in [5.41, 5.74) is 0. The average Bonchev–Trinajstić information content (AvgIpc) is 2.11. The molecule has 0 aromatic heterocycles. The maximum Gasteiger partial charge on any atom is 0.243 e. The highest BCUT2D eigenvalue weighted by Crippen LogP contribution is 2.12. The SMILES string of the molecule is CC(C)C[C@H]1NC(=O)[C@@H](CC(C)C)NC1=O. The summed E-state index contributed by atoms with van der Waals surface area (Å²) in [4.78, 5) is 23.5. The Kier molecular flexibility index (Phi) is 4.33. The monoisotopic (exact) mass is 226 g/mol. The van der Waals surface area contributed by atoms with Gasteiger partial charge in [0.05, 0.1) is 0 Å². The van der Waals surface area contributed by atoms with Crippen LogP contribution in [0.5, 0.6) is 0 Å². The number of hydrogen-bond acceptors (Lipinski definition) is 2. The molecule has 1 aliphatic heterocycles. The van der Waals surface area contributed by atoms with Crippen LogP contribution in [-0.4, -0.2) is 23.9 Å². The third-order valence-electron chi connectivity index (χ3n) is 2.68. The van der Waals surface area contributed by atoms with E-state index < -0.39 is 0 Å². The molecule has 16 heavy (non-hydrogen) atoms. The Morgan fingerprint density at radius 2 is 1.19 bits per heavy atom. The molecule has 2 amide bonds. The highest BCUT2D eigenvalue weighted by atomic mass is 16.2. The van der Waals surface area contributed by atoms with Gasteiger partial charge >= 0.3 is 0 Å². The minimum absolute atomic E-state index is 0.0426. The summed E-state index contributed by atoms with van der Waals surface area (Å²) in [6.07, 6.45) is 1.40. The Bertz CT molecular complexity index is 246. The summed E-state index contributed by atoms with van der Waals surface area (Å²) < 4.78 is 0. The van der Waals surface area contributed by atoms with Crippen molar-refractivity contribution in [3.8, 4) is 0 Å². The van der Waals surface area contributed by atoms with Crippen molar-refractivity contribution in [1.29, 1.82) is 0 Å². The van der Waals surface area contributed by atoms with Gasteiger partial charge in [0.25, 0.3) is 0 Å². The molecule has 0 aromatic rings. The Morgan fingerprint density at radius 1 is 0.875 bits per heavy atom. The lowest BCUT2D eigenvalue weighted by Crippen LogP contribution is -2.62. The molecule has 0 saturated carbocycles. The summed E-state index contributed by atoms with van der Waals surface area (Å²) in [5, 5.41) is 5.60. The fraction of sp³-hybridized carbons (Fsp3) is 0.833. The second-order valence-electron chi connectivity index (χ2n) is 5.38. The van der Waals surface area contributed by atoms with Crippen LogP contribution in [0.1, 0.15) is 40.5 Å². The second-order valence-corrected chi connectivity index (χ2v) is 5.38. The topological polar surface area (TPSA) is 58.2 Å². The first kappa shape index (κ1) is 13.0. The average molecular weight is 226 g/mol. The fourth-order valence-corrected chi connectivity index (χ4v) is 1.95. The predicted molar refractivity (Wildman–Crippen MR) is 62.8 cm³/mol. The molecular weight excluding hydrogens is 204 g/mol. The van der Waals surface area contributed by atoms with Crippen molar-refractivity contribution in [2.24, 2.45) is 11.8 Å². The molecular formula is C12H22N2O2. The van der Waals surface area contributed by atoms with Gasteiger partial charge in [-0.3, -0.25) is 9.59 Å². The number of nitrogens with one attached hydrogen (secondary N) is 2. The van der Waals surface area contributed by atoms with Gasteiger partial charge in [-0.1, -0.05) is 27.7 Å². The lowest BCUT2D eigenvalue weighted by molar-refractivity contribution is -0.137. The first-order valence-electron chi connectivity index (χ1n) is 6.01. The van der Waals surface area contributed by atoms with Crippen LogP contribution in [0, 0.1) is 11.8 Å². The van der Waals surface area contributed by atoms with Gasteiger partial charge in [0.1, 0.15) is 12.1 Å². The van der Waals surface area contributed by atoms with Crippen LogP contribution in [0.15, 0.2) is 0 Å². The van der Waals surface area contributed by atoms with Crippen molar-refractivity contribution in [3.63, 3.8) is 0 Å². The van der Waals surface area contributed by atoms with Crippen LogP contribution in [-0.2, 0) is 9.59 Å². The van der Waals surface area contributed by atoms with Crippen molar-refractivity contribution in [2.45, 2.75) is 52.6 Å². The molecule has 4 heteroatoms. The molecule has 1 heterocycles. The molecule has 2 atom stereocenters. The van der Waals surface area contributed by atoms with Crippen LogP contribution >= 0.6 is 0 Å². The molecule has 0 unspecified atom stereocenters. The van der Waals surface area contributed by atoms with Crippen molar-refractivity contribution < 1.29 is 9.59 Å². The normalized spacial score (nSPS) is 25.9. The van der Waals surface area contributed by atoms with Gasteiger partial charge in [-0.15, -0.1) is 0 Å². The molecule has 1 fully saturated rings. The van der Waals surface area contributed by atoms with E-state index in [2.05, 4.69) is 10.6 Å². The number of rotatable bonds is 4. The van der Waals surface area contributed by atoms with E-state index in [1.54, 1.807) is 0 Å². The largest absolute Gasteiger partial charge is 0.343 e. The van der Waals surface area contributed by atoms with E-state index in [1.807, 2.05) is 27.7 Å². The smallest absolute Gasteiger partial charge is 0.243 e. The minimum Gasteiger partial charge on any atom is -0.343 e. The number of carbonyl (C=O) groups is 2. The van der Waals surface area contributed by atoms with Crippen LogP contribution in [0.4, 0.5) is 0 Å². The second kappa shape index (κ2) is 5.32. The maximum atomic E-state index is 11.7. The number of hydrogen-bond donors (Lipinski definition) is 2. The molecule has 0 aliphatic carbocycles. The zero-order valence-corrected chi connectivity index (χ0v) is 10.5.